The van der Waals surface area contributed by atoms with Gasteiger partial charge in [-0.2, -0.15) is 0 Å². The first-order chi connectivity index (χ1) is 11.4. The third kappa shape index (κ3) is 4.20. The first-order valence-corrected chi connectivity index (χ1v) is 7.82. The second-order valence-corrected chi connectivity index (χ2v) is 5.69. The molecular weight excluding hydrogens is 328 g/mol. The maximum absolute atomic E-state index is 12.3. The summed E-state index contributed by atoms with van der Waals surface area (Å²) in [6, 6.07) is 10.9. The highest BCUT2D eigenvalue weighted by atomic mass is 35.5. The van der Waals surface area contributed by atoms with E-state index in [2.05, 4.69) is 5.32 Å². The van der Waals surface area contributed by atoms with E-state index in [1.165, 1.54) is 18.2 Å². The lowest BCUT2D eigenvalue weighted by molar-refractivity contribution is 0.0698. The van der Waals surface area contributed by atoms with Crippen molar-refractivity contribution in [3.05, 3.63) is 64.2 Å². The molecule has 0 atom stereocenters. The van der Waals surface area contributed by atoms with E-state index in [-0.39, 0.29) is 16.3 Å². The number of hydrogen-bond donors (Lipinski definition) is 3. The minimum Gasteiger partial charge on any atom is -0.478 e. The smallest absolute Gasteiger partial charge is 0.337 e. The Morgan fingerprint density at radius 1 is 1.12 bits per heavy atom. The van der Waals surface area contributed by atoms with Crippen molar-refractivity contribution < 1.29 is 14.7 Å². The zero-order valence-electron chi connectivity index (χ0n) is 13.1. The third-order valence-electron chi connectivity index (χ3n) is 3.46. The largest absolute Gasteiger partial charge is 0.478 e. The van der Waals surface area contributed by atoms with E-state index >= 15 is 0 Å². The van der Waals surface area contributed by atoms with Crippen LogP contribution in [0.1, 0.15) is 46.0 Å². The molecule has 0 spiro atoms. The third-order valence-corrected chi connectivity index (χ3v) is 3.69. The molecule has 0 heterocycles. The van der Waals surface area contributed by atoms with Crippen LogP contribution in [-0.2, 0) is 0 Å². The molecular formula is C18H17ClN2O3. The van der Waals surface area contributed by atoms with Gasteiger partial charge in [0.2, 0.25) is 0 Å². The Labute approximate surface area is 144 Å². The van der Waals surface area contributed by atoms with Gasteiger partial charge in [0, 0.05) is 16.3 Å². The topological polar surface area (TPSA) is 90.3 Å². The van der Waals surface area contributed by atoms with Crippen LogP contribution in [0.2, 0.25) is 5.02 Å². The van der Waals surface area contributed by atoms with Crippen LogP contribution in [0.5, 0.6) is 0 Å². The molecule has 0 unspecified atom stereocenters. The Morgan fingerprint density at radius 2 is 1.75 bits per heavy atom. The van der Waals surface area contributed by atoms with Crippen LogP contribution >= 0.6 is 11.6 Å². The van der Waals surface area contributed by atoms with Crippen LogP contribution in [0.3, 0.4) is 0 Å². The monoisotopic (exact) mass is 344 g/mol. The normalized spacial score (nSPS) is 10.2. The van der Waals surface area contributed by atoms with E-state index < -0.39 is 11.9 Å². The quantitative estimate of drug-likeness (QED) is 0.676. The molecule has 3 N–H and O–H groups in total. The summed E-state index contributed by atoms with van der Waals surface area (Å²) in [4.78, 5) is 23.5. The van der Waals surface area contributed by atoms with Crippen LogP contribution in [0.15, 0.2) is 42.5 Å². The molecule has 0 fully saturated rings. The number of carbonyl (C=O) groups is 2. The van der Waals surface area contributed by atoms with Crippen molar-refractivity contribution in [3.63, 3.8) is 0 Å². The van der Waals surface area contributed by atoms with E-state index in [0.717, 1.165) is 12.0 Å². The van der Waals surface area contributed by atoms with Crippen LogP contribution in [0.4, 0.5) is 5.69 Å². The standard InChI is InChI=1S/C18H17ClN2O3/c1-2-3-15(20)11-4-6-12(7-5-11)17(22)21-16-9-8-13(19)10-14(16)18(23)24/h4-10,20H,2-3H2,1H3,(H,21,22)(H,23,24). The average Bonchev–Trinajstić information content (AvgIpc) is 2.56. The summed E-state index contributed by atoms with van der Waals surface area (Å²) in [6.45, 7) is 2.00. The number of carboxylic acid groups (broad SMARTS) is 1. The molecule has 5 nitrogen and oxygen atoms in total. The summed E-state index contributed by atoms with van der Waals surface area (Å²) in [5, 5.41) is 20.0. The van der Waals surface area contributed by atoms with Crippen LogP contribution in [0.25, 0.3) is 0 Å². The van der Waals surface area contributed by atoms with Gasteiger partial charge in [-0.15, -0.1) is 0 Å². The van der Waals surface area contributed by atoms with Gasteiger partial charge in [0.25, 0.3) is 5.91 Å². The molecule has 0 aliphatic rings. The lowest BCUT2D eigenvalue weighted by atomic mass is 10.0. The van der Waals surface area contributed by atoms with Crippen molar-refractivity contribution in [3.8, 4) is 0 Å². The number of carboxylic acids is 1. The molecule has 2 rings (SSSR count). The van der Waals surface area contributed by atoms with Crippen LogP contribution in [-0.4, -0.2) is 22.7 Å². The molecule has 6 heteroatoms. The number of benzene rings is 2. The Kier molecular flexibility index (Phi) is 5.71. The first kappa shape index (κ1) is 17.7. The van der Waals surface area contributed by atoms with Gasteiger partial charge in [-0.1, -0.05) is 37.1 Å². The Bertz CT molecular complexity index is 785. The van der Waals surface area contributed by atoms with Crippen molar-refractivity contribution in [2.75, 3.05) is 5.32 Å². The van der Waals surface area contributed by atoms with Gasteiger partial charge < -0.3 is 15.8 Å². The summed E-state index contributed by atoms with van der Waals surface area (Å²) in [5.41, 5.74) is 1.78. The summed E-state index contributed by atoms with van der Waals surface area (Å²) in [7, 11) is 0. The molecule has 124 valence electrons. The average molecular weight is 345 g/mol. The molecule has 2 aromatic rings. The number of nitrogens with one attached hydrogen (secondary N) is 2. The number of amides is 1. The second-order valence-electron chi connectivity index (χ2n) is 5.26. The fourth-order valence-corrected chi connectivity index (χ4v) is 2.39. The predicted molar refractivity (Wildman–Crippen MR) is 94.5 cm³/mol. The van der Waals surface area contributed by atoms with Gasteiger partial charge in [0.05, 0.1) is 11.3 Å². The molecule has 0 aliphatic carbocycles. The van der Waals surface area contributed by atoms with Crippen molar-refractivity contribution in [2.24, 2.45) is 0 Å². The minimum atomic E-state index is -1.17. The van der Waals surface area contributed by atoms with Gasteiger partial charge in [0.1, 0.15) is 0 Å². The van der Waals surface area contributed by atoms with Crippen molar-refractivity contribution >= 4 is 34.9 Å². The molecule has 0 aliphatic heterocycles. The van der Waals surface area contributed by atoms with Gasteiger partial charge in [-0.25, -0.2) is 4.79 Å². The van der Waals surface area contributed by atoms with Crippen LogP contribution in [0, 0.1) is 5.41 Å². The summed E-state index contributed by atoms with van der Waals surface area (Å²) in [6.07, 6.45) is 1.56. The Balaban J connectivity index is 2.19. The second kappa shape index (κ2) is 7.75. The van der Waals surface area contributed by atoms with Gasteiger partial charge in [-0.3, -0.25) is 4.79 Å². The molecule has 0 radical (unpaired) electrons. The maximum atomic E-state index is 12.3. The molecule has 1 amide bonds. The predicted octanol–water partition coefficient (Wildman–Crippen LogP) is 4.46. The van der Waals surface area contributed by atoms with Gasteiger partial charge >= 0.3 is 5.97 Å². The zero-order chi connectivity index (χ0) is 17.7. The summed E-state index contributed by atoms with van der Waals surface area (Å²) < 4.78 is 0. The Hall–Kier alpha value is -2.66. The fraction of sp³-hybridized carbons (Fsp3) is 0.167. The number of aromatic carboxylic acids is 1. The molecule has 0 bridgehead atoms. The summed E-state index contributed by atoms with van der Waals surface area (Å²) >= 11 is 5.79. The fourth-order valence-electron chi connectivity index (χ4n) is 2.21. The number of carbonyl (C=O) groups excluding carboxylic acids is 1. The molecule has 24 heavy (non-hydrogen) atoms. The van der Waals surface area contributed by atoms with Crippen LogP contribution < -0.4 is 5.32 Å². The maximum Gasteiger partial charge on any atom is 0.337 e. The van der Waals surface area contributed by atoms with E-state index in [4.69, 9.17) is 17.0 Å². The van der Waals surface area contributed by atoms with E-state index in [1.54, 1.807) is 24.3 Å². The van der Waals surface area contributed by atoms with Crippen molar-refractivity contribution in [1.82, 2.24) is 0 Å². The lowest BCUT2D eigenvalue weighted by Gasteiger charge is -2.09. The zero-order valence-corrected chi connectivity index (χ0v) is 13.9. The number of anilines is 1. The highest BCUT2D eigenvalue weighted by molar-refractivity contribution is 6.31. The van der Waals surface area contributed by atoms with Gasteiger partial charge in [-0.05, 0) is 42.3 Å². The molecule has 0 aromatic heterocycles. The number of halogens is 1. The number of hydrogen-bond acceptors (Lipinski definition) is 3. The van der Waals surface area contributed by atoms with E-state index in [9.17, 15) is 14.7 Å². The summed E-state index contributed by atoms with van der Waals surface area (Å²) in [5.74, 6) is -1.59. The highest BCUT2D eigenvalue weighted by Gasteiger charge is 2.14. The minimum absolute atomic E-state index is 0.0720. The number of rotatable bonds is 6. The molecule has 0 saturated carbocycles. The SMILES string of the molecule is CCCC(=N)c1ccc(C(=O)Nc2ccc(Cl)cc2C(=O)O)cc1. The van der Waals surface area contributed by atoms with E-state index in [1.807, 2.05) is 6.92 Å². The first-order valence-electron chi connectivity index (χ1n) is 7.44. The molecule has 2 aromatic carbocycles. The molecule has 0 saturated heterocycles. The highest BCUT2D eigenvalue weighted by Crippen LogP contribution is 2.21. The van der Waals surface area contributed by atoms with E-state index in [0.29, 0.717) is 17.7 Å². The van der Waals surface area contributed by atoms with Gasteiger partial charge in [0.15, 0.2) is 0 Å². The Morgan fingerprint density at radius 3 is 2.33 bits per heavy atom. The van der Waals surface area contributed by atoms with Crippen molar-refractivity contribution in [2.45, 2.75) is 19.8 Å². The van der Waals surface area contributed by atoms with Crippen molar-refractivity contribution in [1.29, 1.82) is 5.41 Å². The lowest BCUT2D eigenvalue weighted by Crippen LogP contribution is -2.15.